The van der Waals surface area contributed by atoms with E-state index in [1.54, 1.807) is 4.90 Å². The van der Waals surface area contributed by atoms with Gasteiger partial charge in [-0.15, -0.1) is 11.5 Å². The molecule has 7 heteroatoms. The lowest BCUT2D eigenvalue weighted by Gasteiger charge is -2.43. The third-order valence-electron chi connectivity index (χ3n) is 5.70. The molecule has 1 aliphatic carbocycles. The van der Waals surface area contributed by atoms with E-state index in [1.807, 2.05) is 20.8 Å². The van der Waals surface area contributed by atoms with Gasteiger partial charge in [0.1, 0.15) is 19.7 Å². The highest BCUT2D eigenvalue weighted by Crippen LogP contribution is 2.54. The number of halogens is 1. The molecule has 1 aliphatic heterocycles. The van der Waals surface area contributed by atoms with Crippen LogP contribution in [0.5, 0.6) is 0 Å². The van der Waals surface area contributed by atoms with Gasteiger partial charge in [0, 0.05) is 17.3 Å². The maximum atomic E-state index is 13.1. The van der Waals surface area contributed by atoms with Crippen LogP contribution in [0.25, 0.3) is 0 Å². The zero-order valence-electron chi connectivity index (χ0n) is 18.9. The number of ether oxygens (including phenoxy) is 2. The lowest BCUT2D eigenvalue weighted by Crippen LogP contribution is -2.51. The molecule has 164 valence electrons. The van der Waals surface area contributed by atoms with Gasteiger partial charge in [-0.25, -0.2) is 9.59 Å². The van der Waals surface area contributed by atoms with E-state index in [9.17, 15) is 9.59 Å². The van der Waals surface area contributed by atoms with Crippen molar-refractivity contribution in [3.63, 3.8) is 0 Å². The number of methoxy groups -OCH3 is 1. The topological polar surface area (TPSA) is 55.8 Å². The molecule has 1 saturated heterocycles. The molecule has 0 bridgehead atoms. The molecule has 1 heterocycles. The van der Waals surface area contributed by atoms with Crippen molar-refractivity contribution in [3.05, 3.63) is 0 Å². The lowest BCUT2D eigenvalue weighted by atomic mass is 9.67. The minimum atomic E-state index is -1.41. The van der Waals surface area contributed by atoms with Crippen LogP contribution < -0.4 is 0 Å². The summed E-state index contributed by atoms with van der Waals surface area (Å²) in [5, 5.41) is 0. The van der Waals surface area contributed by atoms with Gasteiger partial charge in [0.2, 0.25) is 0 Å². The van der Waals surface area contributed by atoms with Crippen LogP contribution >= 0.6 is 15.9 Å². The fourth-order valence-electron chi connectivity index (χ4n) is 4.50. The molecule has 4 atom stereocenters. The summed E-state index contributed by atoms with van der Waals surface area (Å²) < 4.78 is 10.8. The summed E-state index contributed by atoms with van der Waals surface area (Å²) >= 11 is 3.75. The average Bonchev–Trinajstić information content (AvgIpc) is 2.91. The number of hydrogen-bond donors (Lipinski definition) is 0. The molecule has 2 aliphatic rings. The highest BCUT2D eigenvalue weighted by Gasteiger charge is 2.58. The van der Waals surface area contributed by atoms with E-state index >= 15 is 0 Å². The number of likely N-dealkylation sites (tertiary alicyclic amines) is 1. The van der Waals surface area contributed by atoms with Crippen LogP contribution in [0.3, 0.4) is 0 Å². The van der Waals surface area contributed by atoms with Crippen LogP contribution in [-0.4, -0.2) is 54.7 Å². The second-order valence-corrected chi connectivity index (χ2v) is 16.5. The molecule has 1 amide bonds. The predicted molar refractivity (Wildman–Crippen MR) is 122 cm³/mol. The van der Waals surface area contributed by atoms with E-state index in [0.717, 1.165) is 32.1 Å². The maximum Gasteiger partial charge on any atom is 0.411 e. The number of carbonyl (C=O) groups is 2. The molecule has 0 N–H and O–H groups in total. The third kappa shape index (κ3) is 6.24. The van der Waals surface area contributed by atoms with Gasteiger partial charge in [-0.1, -0.05) is 35.6 Å². The normalized spacial score (nSPS) is 29.5. The third-order valence-corrected chi connectivity index (χ3v) is 7.46. The lowest BCUT2D eigenvalue weighted by molar-refractivity contribution is -0.146. The fraction of sp³-hybridized carbons (Fsp3) is 0.818. The van der Waals surface area contributed by atoms with Crippen molar-refractivity contribution in [1.82, 2.24) is 4.90 Å². The van der Waals surface area contributed by atoms with Crippen LogP contribution in [0, 0.1) is 16.9 Å². The van der Waals surface area contributed by atoms with Gasteiger partial charge in [-0.3, -0.25) is 4.90 Å². The molecular weight excluding hydrogens is 450 g/mol. The van der Waals surface area contributed by atoms with Crippen molar-refractivity contribution in [3.8, 4) is 11.5 Å². The number of hydrogen-bond acceptors (Lipinski definition) is 4. The Kier molecular flexibility index (Phi) is 7.54. The van der Waals surface area contributed by atoms with Crippen LogP contribution in [0.4, 0.5) is 4.79 Å². The maximum absolute atomic E-state index is 13.1. The van der Waals surface area contributed by atoms with Crippen LogP contribution in [-0.2, 0) is 14.3 Å². The van der Waals surface area contributed by atoms with Crippen LogP contribution in [0.15, 0.2) is 0 Å². The van der Waals surface area contributed by atoms with Crippen molar-refractivity contribution in [1.29, 1.82) is 0 Å². The minimum Gasteiger partial charge on any atom is -0.467 e. The highest BCUT2D eigenvalue weighted by atomic mass is 79.9. The zero-order valence-corrected chi connectivity index (χ0v) is 21.5. The standard InChI is InChI=1S/C22H36BrNO4Si/c1-21(2,3)28-20(26)24-17(19(25)27-4)15-22(11-8-9-13-29(5,6)7)12-10-16(23)14-18(22)24/h16-18H,8,10-12,14-15H2,1-7H3/t16-,17-,18-,22-/m0/s1. The first kappa shape index (κ1) is 24.3. The Balaban J connectivity index is 2.34. The first-order valence-corrected chi connectivity index (χ1v) is 14.9. The van der Waals surface area contributed by atoms with Crippen molar-refractivity contribution < 1.29 is 19.1 Å². The first-order chi connectivity index (χ1) is 13.3. The van der Waals surface area contributed by atoms with Crippen LogP contribution in [0.1, 0.15) is 59.3 Å². The molecule has 0 aromatic carbocycles. The van der Waals surface area contributed by atoms with E-state index in [2.05, 4.69) is 47.0 Å². The molecule has 0 unspecified atom stereocenters. The number of nitrogens with zero attached hydrogens (tertiary/aromatic N) is 1. The molecule has 2 rings (SSSR count). The quantitative estimate of drug-likeness (QED) is 0.240. The van der Waals surface area contributed by atoms with Crippen molar-refractivity contribution in [2.45, 2.75) is 101 Å². The summed E-state index contributed by atoms with van der Waals surface area (Å²) in [5.74, 6) is 3.02. The van der Waals surface area contributed by atoms with Crippen LogP contribution in [0.2, 0.25) is 19.6 Å². The number of fused-ring (bicyclic) bond motifs is 1. The SMILES string of the molecule is COC(=O)[C@@H]1C[C@]2(CCC#C[Si](C)(C)C)CC[C@H](Br)C[C@@H]2N1C(=O)OC(C)(C)C. The summed E-state index contributed by atoms with van der Waals surface area (Å²) in [6.45, 7) is 12.3. The Morgan fingerprint density at radius 1 is 1.28 bits per heavy atom. The molecule has 2 fully saturated rings. The Labute approximate surface area is 185 Å². The molecular formula is C22H36BrNO4Si. The number of rotatable bonds is 3. The van der Waals surface area contributed by atoms with Gasteiger partial charge >= 0.3 is 12.1 Å². The summed E-state index contributed by atoms with van der Waals surface area (Å²) in [5.41, 5.74) is 2.71. The number of alkyl halides is 1. The molecule has 0 aromatic heterocycles. The average molecular weight is 487 g/mol. The summed E-state index contributed by atoms with van der Waals surface area (Å²) in [4.78, 5) is 27.7. The van der Waals surface area contributed by atoms with Gasteiger partial charge in [0.25, 0.3) is 0 Å². The number of esters is 1. The zero-order chi connectivity index (χ0) is 22.0. The van der Waals surface area contributed by atoms with Crippen molar-refractivity contribution in [2.24, 2.45) is 5.41 Å². The Hall–Kier alpha value is -1.00. The monoisotopic (exact) mass is 485 g/mol. The predicted octanol–water partition coefficient (Wildman–Crippen LogP) is 5.13. The summed E-state index contributed by atoms with van der Waals surface area (Å²) in [7, 11) is -0.0276. The van der Waals surface area contributed by atoms with E-state index in [-0.39, 0.29) is 17.4 Å². The largest absolute Gasteiger partial charge is 0.467 e. The fourth-order valence-corrected chi connectivity index (χ4v) is 5.74. The van der Waals surface area contributed by atoms with E-state index in [4.69, 9.17) is 9.47 Å². The second kappa shape index (κ2) is 9.01. The van der Waals surface area contributed by atoms with Crippen molar-refractivity contribution >= 4 is 36.1 Å². The number of amides is 1. The minimum absolute atomic E-state index is 0.0479. The summed E-state index contributed by atoms with van der Waals surface area (Å²) in [6, 6.07) is -0.643. The van der Waals surface area contributed by atoms with E-state index < -0.39 is 25.8 Å². The van der Waals surface area contributed by atoms with Gasteiger partial charge in [-0.05, 0) is 58.3 Å². The Bertz CT molecular complexity index is 688. The van der Waals surface area contributed by atoms with Gasteiger partial charge in [0.15, 0.2) is 0 Å². The van der Waals surface area contributed by atoms with Gasteiger partial charge < -0.3 is 9.47 Å². The summed E-state index contributed by atoms with van der Waals surface area (Å²) in [6.07, 6.45) is 4.70. The highest BCUT2D eigenvalue weighted by molar-refractivity contribution is 9.09. The molecule has 0 radical (unpaired) electrons. The molecule has 0 aromatic rings. The smallest absolute Gasteiger partial charge is 0.411 e. The first-order valence-electron chi connectivity index (χ1n) is 10.5. The molecule has 1 saturated carbocycles. The number of carbonyl (C=O) groups excluding carboxylic acids is 2. The van der Waals surface area contributed by atoms with Gasteiger partial charge in [0.05, 0.1) is 7.11 Å². The molecule has 5 nitrogen and oxygen atoms in total. The van der Waals surface area contributed by atoms with E-state index in [0.29, 0.717) is 11.2 Å². The molecule has 29 heavy (non-hydrogen) atoms. The Morgan fingerprint density at radius 2 is 1.93 bits per heavy atom. The van der Waals surface area contributed by atoms with E-state index in [1.165, 1.54) is 7.11 Å². The van der Waals surface area contributed by atoms with Crippen molar-refractivity contribution in [2.75, 3.05) is 7.11 Å². The Morgan fingerprint density at radius 3 is 2.48 bits per heavy atom. The van der Waals surface area contributed by atoms with Gasteiger partial charge in [-0.2, -0.15) is 0 Å². The molecule has 0 spiro atoms. The second-order valence-electron chi connectivity index (χ2n) is 10.4.